The van der Waals surface area contributed by atoms with E-state index in [1.54, 1.807) is 29.4 Å². The number of para-hydroxylation sites is 1. The van der Waals surface area contributed by atoms with E-state index >= 15 is 0 Å². The van der Waals surface area contributed by atoms with E-state index in [2.05, 4.69) is 15.1 Å². The van der Waals surface area contributed by atoms with Gasteiger partial charge in [0.05, 0.1) is 11.8 Å². The van der Waals surface area contributed by atoms with Crippen molar-refractivity contribution in [2.75, 3.05) is 12.1 Å². The van der Waals surface area contributed by atoms with Gasteiger partial charge in [-0.1, -0.05) is 42.5 Å². The van der Waals surface area contributed by atoms with Gasteiger partial charge in [0.2, 0.25) is 0 Å². The number of phenols is 1. The van der Waals surface area contributed by atoms with Crippen LogP contribution in [0.1, 0.15) is 11.3 Å². The molecule has 1 heterocycles. The summed E-state index contributed by atoms with van der Waals surface area (Å²) in [6.45, 7) is 1.89. The molecule has 0 aliphatic rings. The normalized spacial score (nSPS) is 10.9. The van der Waals surface area contributed by atoms with Gasteiger partial charge in [-0.2, -0.15) is 5.10 Å². The van der Waals surface area contributed by atoms with Crippen LogP contribution in [0.25, 0.3) is 11.4 Å². The summed E-state index contributed by atoms with van der Waals surface area (Å²) in [5.41, 5.74) is 2.42. The van der Waals surface area contributed by atoms with E-state index in [1.807, 2.05) is 56.4 Å². The van der Waals surface area contributed by atoms with Crippen LogP contribution < -0.4 is 5.01 Å². The lowest BCUT2D eigenvalue weighted by atomic mass is 10.2. The van der Waals surface area contributed by atoms with Gasteiger partial charge in [0.15, 0.2) is 11.6 Å². The fourth-order valence-electron chi connectivity index (χ4n) is 2.25. The molecule has 5 nitrogen and oxygen atoms in total. The maximum atomic E-state index is 10.0. The Kier molecular flexibility index (Phi) is 4.52. The Morgan fingerprint density at radius 2 is 1.71 bits per heavy atom. The average Bonchev–Trinajstić information content (AvgIpc) is 2.60. The first-order chi connectivity index (χ1) is 11.6. The lowest BCUT2D eigenvalue weighted by molar-refractivity contribution is 0.477. The van der Waals surface area contributed by atoms with E-state index in [-0.39, 0.29) is 5.75 Å². The standard InChI is InChI=1S/C19H18N4O/c1-14-12-18(23(2)20-13-15-8-4-3-5-9-15)22-19(21-14)16-10-6-7-11-17(16)24/h3-13,24H,1-2H3/b20-13+. The Morgan fingerprint density at radius 3 is 2.46 bits per heavy atom. The molecule has 0 aliphatic heterocycles. The fourth-order valence-corrected chi connectivity index (χ4v) is 2.25. The van der Waals surface area contributed by atoms with E-state index in [0.717, 1.165) is 11.3 Å². The zero-order valence-electron chi connectivity index (χ0n) is 13.6. The summed E-state index contributed by atoms with van der Waals surface area (Å²) in [6.07, 6.45) is 1.77. The summed E-state index contributed by atoms with van der Waals surface area (Å²) in [5, 5.41) is 16.1. The highest BCUT2D eigenvalue weighted by Crippen LogP contribution is 2.27. The molecule has 0 spiro atoms. The van der Waals surface area contributed by atoms with Crippen molar-refractivity contribution in [2.45, 2.75) is 6.92 Å². The third-order valence-electron chi connectivity index (χ3n) is 3.50. The van der Waals surface area contributed by atoms with E-state index in [4.69, 9.17) is 0 Å². The monoisotopic (exact) mass is 318 g/mol. The molecular formula is C19H18N4O. The first-order valence-electron chi connectivity index (χ1n) is 7.60. The molecule has 0 unspecified atom stereocenters. The molecule has 0 amide bonds. The molecule has 0 saturated heterocycles. The Balaban J connectivity index is 1.91. The first kappa shape index (κ1) is 15.7. The number of nitrogens with zero attached hydrogens (tertiary/aromatic N) is 4. The summed E-state index contributed by atoms with van der Waals surface area (Å²) in [7, 11) is 1.83. The molecule has 0 fully saturated rings. The van der Waals surface area contributed by atoms with Gasteiger partial charge >= 0.3 is 0 Å². The molecule has 0 atom stereocenters. The van der Waals surface area contributed by atoms with Crippen molar-refractivity contribution < 1.29 is 5.11 Å². The highest BCUT2D eigenvalue weighted by atomic mass is 16.3. The van der Waals surface area contributed by atoms with Crippen LogP contribution in [0.2, 0.25) is 0 Å². The number of phenolic OH excluding ortho intramolecular Hbond substituents is 1. The topological polar surface area (TPSA) is 61.6 Å². The number of anilines is 1. The maximum Gasteiger partial charge on any atom is 0.165 e. The molecule has 0 bridgehead atoms. The maximum absolute atomic E-state index is 10.0. The van der Waals surface area contributed by atoms with Crippen LogP contribution in [0.4, 0.5) is 5.82 Å². The predicted molar refractivity (Wildman–Crippen MR) is 96.3 cm³/mol. The minimum atomic E-state index is 0.157. The molecule has 0 saturated carbocycles. The van der Waals surface area contributed by atoms with Crippen LogP contribution in [-0.4, -0.2) is 28.3 Å². The Hall–Kier alpha value is -3.21. The van der Waals surface area contributed by atoms with Crippen molar-refractivity contribution in [1.29, 1.82) is 0 Å². The minimum Gasteiger partial charge on any atom is -0.507 e. The number of aromatic hydroxyl groups is 1. The number of hydrogen-bond donors (Lipinski definition) is 1. The van der Waals surface area contributed by atoms with Crippen LogP contribution in [0.3, 0.4) is 0 Å². The predicted octanol–water partition coefficient (Wildman–Crippen LogP) is 3.63. The highest BCUT2D eigenvalue weighted by molar-refractivity contribution is 5.80. The van der Waals surface area contributed by atoms with E-state index < -0.39 is 0 Å². The zero-order chi connectivity index (χ0) is 16.9. The third kappa shape index (κ3) is 3.57. The Labute approximate surface area is 140 Å². The molecule has 0 radical (unpaired) electrons. The van der Waals surface area contributed by atoms with Gasteiger partial charge in [-0.3, -0.25) is 5.01 Å². The first-order valence-corrected chi connectivity index (χ1v) is 7.60. The van der Waals surface area contributed by atoms with Crippen LogP contribution in [0.5, 0.6) is 5.75 Å². The molecule has 1 aromatic heterocycles. The molecule has 5 heteroatoms. The number of aryl methyl sites for hydroxylation is 1. The molecule has 1 N–H and O–H groups in total. The van der Waals surface area contributed by atoms with Crippen molar-refractivity contribution in [3.05, 3.63) is 71.9 Å². The lowest BCUT2D eigenvalue weighted by Gasteiger charge is -2.14. The quantitative estimate of drug-likeness (QED) is 0.589. The minimum absolute atomic E-state index is 0.157. The van der Waals surface area contributed by atoms with Crippen LogP contribution >= 0.6 is 0 Å². The smallest absolute Gasteiger partial charge is 0.165 e. The Bertz CT molecular complexity index is 862. The van der Waals surface area contributed by atoms with Crippen molar-refractivity contribution in [3.8, 4) is 17.1 Å². The van der Waals surface area contributed by atoms with Crippen LogP contribution in [-0.2, 0) is 0 Å². The average molecular weight is 318 g/mol. The summed E-state index contributed by atoms with van der Waals surface area (Å²) >= 11 is 0. The summed E-state index contributed by atoms with van der Waals surface area (Å²) in [6, 6.07) is 18.7. The van der Waals surface area contributed by atoms with Gasteiger partial charge in [0.25, 0.3) is 0 Å². The summed E-state index contributed by atoms with van der Waals surface area (Å²) in [4.78, 5) is 8.93. The van der Waals surface area contributed by atoms with Crippen LogP contribution in [0, 0.1) is 6.92 Å². The molecule has 0 aliphatic carbocycles. The largest absolute Gasteiger partial charge is 0.507 e. The van der Waals surface area contributed by atoms with Crippen molar-refractivity contribution in [1.82, 2.24) is 9.97 Å². The van der Waals surface area contributed by atoms with Gasteiger partial charge in [-0.25, -0.2) is 9.97 Å². The lowest BCUT2D eigenvalue weighted by Crippen LogP contribution is -2.12. The van der Waals surface area contributed by atoms with Crippen molar-refractivity contribution in [3.63, 3.8) is 0 Å². The van der Waals surface area contributed by atoms with Gasteiger partial charge < -0.3 is 5.11 Å². The number of aromatic nitrogens is 2. The number of benzene rings is 2. The molecule has 3 aromatic rings. The molecular weight excluding hydrogens is 300 g/mol. The fraction of sp³-hybridized carbons (Fsp3) is 0.105. The third-order valence-corrected chi connectivity index (χ3v) is 3.50. The molecule has 120 valence electrons. The second-order valence-electron chi connectivity index (χ2n) is 5.39. The van der Waals surface area contributed by atoms with Crippen LogP contribution in [0.15, 0.2) is 65.8 Å². The van der Waals surface area contributed by atoms with E-state index in [9.17, 15) is 5.11 Å². The molecule has 24 heavy (non-hydrogen) atoms. The zero-order valence-corrected chi connectivity index (χ0v) is 13.6. The number of hydrazone groups is 1. The second-order valence-corrected chi connectivity index (χ2v) is 5.39. The van der Waals surface area contributed by atoms with Crippen molar-refractivity contribution >= 4 is 12.0 Å². The van der Waals surface area contributed by atoms with E-state index in [1.165, 1.54) is 0 Å². The molecule has 3 rings (SSSR count). The summed E-state index contributed by atoms with van der Waals surface area (Å²) in [5.74, 6) is 1.29. The van der Waals surface area contributed by atoms with Gasteiger partial charge in [0, 0.05) is 18.8 Å². The second kappa shape index (κ2) is 6.91. The van der Waals surface area contributed by atoms with Gasteiger partial charge in [-0.15, -0.1) is 0 Å². The van der Waals surface area contributed by atoms with E-state index in [0.29, 0.717) is 17.2 Å². The van der Waals surface area contributed by atoms with Gasteiger partial charge in [0.1, 0.15) is 5.75 Å². The Morgan fingerprint density at radius 1 is 1.00 bits per heavy atom. The number of hydrogen-bond acceptors (Lipinski definition) is 5. The highest BCUT2D eigenvalue weighted by Gasteiger charge is 2.10. The van der Waals surface area contributed by atoms with Gasteiger partial charge in [-0.05, 0) is 24.6 Å². The SMILES string of the molecule is Cc1cc(N(C)/N=C/c2ccccc2)nc(-c2ccccc2O)n1. The summed E-state index contributed by atoms with van der Waals surface area (Å²) < 4.78 is 0. The molecule has 2 aromatic carbocycles. The number of rotatable bonds is 4. The van der Waals surface area contributed by atoms with Crippen molar-refractivity contribution in [2.24, 2.45) is 5.10 Å².